The largest absolute Gasteiger partial charge is 0.368 e. The Morgan fingerprint density at radius 2 is 2.27 bits per heavy atom. The fourth-order valence-electron chi connectivity index (χ4n) is 1.37. The number of hydrogen-bond donors (Lipinski definition) is 2. The SMILES string of the molecule is Cc1nc(NC(C)CCCN)ccc1Br. The Kier molecular flexibility index (Phi) is 5.05. The van der Waals surface area contributed by atoms with E-state index in [0.29, 0.717) is 6.04 Å². The summed E-state index contributed by atoms with van der Waals surface area (Å²) in [5, 5.41) is 3.36. The van der Waals surface area contributed by atoms with Crippen LogP contribution in [0.4, 0.5) is 5.82 Å². The first-order chi connectivity index (χ1) is 7.13. The predicted molar refractivity (Wildman–Crippen MR) is 68.0 cm³/mol. The van der Waals surface area contributed by atoms with Crippen LogP contribution in [0.5, 0.6) is 0 Å². The summed E-state index contributed by atoms with van der Waals surface area (Å²) in [7, 11) is 0. The average Bonchev–Trinajstić information content (AvgIpc) is 2.20. The van der Waals surface area contributed by atoms with Crippen molar-refractivity contribution in [3.05, 3.63) is 22.3 Å². The summed E-state index contributed by atoms with van der Waals surface area (Å²) in [4.78, 5) is 4.43. The van der Waals surface area contributed by atoms with E-state index in [1.54, 1.807) is 0 Å². The molecule has 0 radical (unpaired) electrons. The first-order valence-electron chi connectivity index (χ1n) is 5.23. The normalized spacial score (nSPS) is 12.5. The molecule has 1 aromatic heterocycles. The zero-order chi connectivity index (χ0) is 11.3. The summed E-state index contributed by atoms with van der Waals surface area (Å²) >= 11 is 3.43. The molecule has 3 N–H and O–H groups in total. The minimum absolute atomic E-state index is 0.418. The van der Waals surface area contributed by atoms with Crippen LogP contribution in [0.3, 0.4) is 0 Å². The molecule has 1 unspecified atom stereocenters. The summed E-state index contributed by atoms with van der Waals surface area (Å²) in [5.74, 6) is 0.931. The number of aryl methyl sites for hydroxylation is 1. The minimum atomic E-state index is 0.418. The lowest BCUT2D eigenvalue weighted by Gasteiger charge is -2.14. The second-order valence-corrected chi connectivity index (χ2v) is 4.59. The van der Waals surface area contributed by atoms with Gasteiger partial charge in [0.05, 0.1) is 5.69 Å². The fourth-order valence-corrected chi connectivity index (χ4v) is 1.59. The summed E-state index contributed by atoms with van der Waals surface area (Å²) in [6.45, 7) is 4.88. The molecule has 0 aliphatic carbocycles. The van der Waals surface area contributed by atoms with E-state index in [2.05, 4.69) is 33.2 Å². The van der Waals surface area contributed by atoms with Gasteiger partial charge < -0.3 is 11.1 Å². The van der Waals surface area contributed by atoms with Crippen LogP contribution in [0.2, 0.25) is 0 Å². The zero-order valence-corrected chi connectivity index (χ0v) is 10.8. The molecule has 0 saturated heterocycles. The maximum Gasteiger partial charge on any atom is 0.126 e. The van der Waals surface area contributed by atoms with Gasteiger partial charge in [-0.15, -0.1) is 0 Å². The van der Waals surface area contributed by atoms with Crippen LogP contribution < -0.4 is 11.1 Å². The topological polar surface area (TPSA) is 50.9 Å². The van der Waals surface area contributed by atoms with E-state index in [1.807, 2.05) is 19.1 Å². The molecule has 0 spiro atoms. The Labute approximate surface area is 99.6 Å². The molecule has 1 rings (SSSR count). The third-order valence-electron chi connectivity index (χ3n) is 2.26. The number of aromatic nitrogens is 1. The molecule has 3 nitrogen and oxygen atoms in total. The second-order valence-electron chi connectivity index (χ2n) is 3.74. The molecule has 0 aliphatic rings. The van der Waals surface area contributed by atoms with Gasteiger partial charge in [0.15, 0.2) is 0 Å². The Hall–Kier alpha value is -0.610. The highest BCUT2D eigenvalue weighted by molar-refractivity contribution is 9.10. The van der Waals surface area contributed by atoms with Gasteiger partial charge in [-0.05, 0) is 61.3 Å². The molecule has 0 amide bonds. The third-order valence-corrected chi connectivity index (χ3v) is 3.10. The molecule has 84 valence electrons. The summed E-state index contributed by atoms with van der Waals surface area (Å²) in [6, 6.07) is 4.41. The molecule has 4 heteroatoms. The highest BCUT2D eigenvalue weighted by Gasteiger charge is 2.03. The predicted octanol–water partition coefficient (Wildman–Crippen LogP) is 2.69. The van der Waals surface area contributed by atoms with Gasteiger partial charge in [-0.1, -0.05) is 0 Å². The summed E-state index contributed by atoms with van der Waals surface area (Å²) < 4.78 is 1.04. The van der Waals surface area contributed by atoms with Gasteiger partial charge in [0, 0.05) is 10.5 Å². The smallest absolute Gasteiger partial charge is 0.126 e. The lowest BCUT2D eigenvalue weighted by atomic mass is 10.2. The van der Waals surface area contributed by atoms with Crippen LogP contribution in [-0.4, -0.2) is 17.6 Å². The van der Waals surface area contributed by atoms with Gasteiger partial charge in [-0.3, -0.25) is 0 Å². The Morgan fingerprint density at radius 3 is 2.87 bits per heavy atom. The number of hydrogen-bond acceptors (Lipinski definition) is 3. The third kappa shape index (κ3) is 4.18. The molecule has 0 bridgehead atoms. The van der Waals surface area contributed by atoms with Crippen LogP contribution in [-0.2, 0) is 0 Å². The van der Waals surface area contributed by atoms with Crippen LogP contribution >= 0.6 is 15.9 Å². The van der Waals surface area contributed by atoms with E-state index >= 15 is 0 Å². The van der Waals surface area contributed by atoms with Crippen molar-refractivity contribution in [1.82, 2.24) is 4.98 Å². The first kappa shape index (κ1) is 12.5. The maximum absolute atomic E-state index is 5.46. The monoisotopic (exact) mass is 271 g/mol. The highest BCUT2D eigenvalue weighted by Crippen LogP contribution is 2.17. The Balaban J connectivity index is 2.53. The highest BCUT2D eigenvalue weighted by atomic mass is 79.9. The number of nitrogens with zero attached hydrogens (tertiary/aromatic N) is 1. The molecule has 1 heterocycles. The molecule has 1 aromatic rings. The van der Waals surface area contributed by atoms with Crippen molar-refractivity contribution in [2.75, 3.05) is 11.9 Å². The van der Waals surface area contributed by atoms with Crippen molar-refractivity contribution in [2.24, 2.45) is 5.73 Å². The molecule has 0 aromatic carbocycles. The van der Waals surface area contributed by atoms with Crippen molar-refractivity contribution >= 4 is 21.7 Å². The van der Waals surface area contributed by atoms with E-state index in [-0.39, 0.29) is 0 Å². The van der Waals surface area contributed by atoms with Gasteiger partial charge >= 0.3 is 0 Å². The van der Waals surface area contributed by atoms with Crippen molar-refractivity contribution in [3.63, 3.8) is 0 Å². The number of rotatable bonds is 5. The molecule has 0 fully saturated rings. The van der Waals surface area contributed by atoms with Crippen LogP contribution in [0.25, 0.3) is 0 Å². The maximum atomic E-state index is 5.46. The van der Waals surface area contributed by atoms with Gasteiger partial charge in [-0.25, -0.2) is 4.98 Å². The zero-order valence-electron chi connectivity index (χ0n) is 9.26. The van der Waals surface area contributed by atoms with E-state index in [0.717, 1.165) is 35.4 Å². The van der Waals surface area contributed by atoms with E-state index in [1.165, 1.54) is 0 Å². The number of pyridine rings is 1. The van der Waals surface area contributed by atoms with Crippen molar-refractivity contribution < 1.29 is 0 Å². The Bertz CT molecular complexity index is 315. The van der Waals surface area contributed by atoms with Crippen molar-refractivity contribution in [2.45, 2.75) is 32.7 Å². The molecule has 1 atom stereocenters. The number of halogens is 1. The van der Waals surface area contributed by atoms with Gasteiger partial charge in [0.2, 0.25) is 0 Å². The average molecular weight is 272 g/mol. The van der Waals surface area contributed by atoms with E-state index in [4.69, 9.17) is 5.73 Å². The van der Waals surface area contributed by atoms with Crippen LogP contribution in [0, 0.1) is 6.92 Å². The Morgan fingerprint density at radius 1 is 1.53 bits per heavy atom. The molecule has 0 saturated carbocycles. The summed E-state index contributed by atoms with van der Waals surface area (Å²) in [6.07, 6.45) is 2.12. The molecular weight excluding hydrogens is 254 g/mol. The van der Waals surface area contributed by atoms with E-state index in [9.17, 15) is 0 Å². The van der Waals surface area contributed by atoms with Gasteiger partial charge in [0.1, 0.15) is 5.82 Å². The molecular formula is C11H18BrN3. The van der Waals surface area contributed by atoms with Gasteiger partial charge in [0.25, 0.3) is 0 Å². The number of nitrogens with one attached hydrogen (secondary N) is 1. The van der Waals surface area contributed by atoms with Crippen molar-refractivity contribution in [1.29, 1.82) is 0 Å². The van der Waals surface area contributed by atoms with Crippen LogP contribution in [0.15, 0.2) is 16.6 Å². The number of nitrogens with two attached hydrogens (primary N) is 1. The second kappa shape index (κ2) is 6.08. The lowest BCUT2D eigenvalue weighted by Crippen LogP contribution is -2.17. The minimum Gasteiger partial charge on any atom is -0.368 e. The quantitative estimate of drug-likeness (QED) is 0.866. The number of anilines is 1. The van der Waals surface area contributed by atoms with Gasteiger partial charge in [-0.2, -0.15) is 0 Å². The van der Waals surface area contributed by atoms with Crippen LogP contribution in [0.1, 0.15) is 25.5 Å². The standard InChI is InChI=1S/C11H18BrN3/c1-8(4-3-7-13)14-11-6-5-10(12)9(2)15-11/h5-6,8H,3-4,7,13H2,1-2H3,(H,14,15). The summed E-state index contributed by atoms with van der Waals surface area (Å²) in [5.41, 5.74) is 6.47. The molecule has 15 heavy (non-hydrogen) atoms. The fraction of sp³-hybridized carbons (Fsp3) is 0.545. The first-order valence-corrected chi connectivity index (χ1v) is 6.02. The molecule has 0 aliphatic heterocycles. The van der Waals surface area contributed by atoms with Crippen molar-refractivity contribution in [3.8, 4) is 0 Å². The lowest BCUT2D eigenvalue weighted by molar-refractivity contribution is 0.660. The van der Waals surface area contributed by atoms with E-state index < -0.39 is 0 Å².